The Morgan fingerprint density at radius 2 is 2.25 bits per heavy atom. The molecule has 0 aromatic rings. The zero-order valence-electron chi connectivity index (χ0n) is 4.32. The second-order valence-electron chi connectivity index (χ2n) is 1.16. The van der Waals surface area contributed by atoms with Crippen LogP contribution in [0.25, 0.3) is 10.4 Å². The number of hydrogen-bond acceptors (Lipinski definition) is 3. The average molecular weight is 114 g/mol. The van der Waals surface area contributed by atoms with Crippen LogP contribution in [0.4, 0.5) is 0 Å². The van der Waals surface area contributed by atoms with Crippen LogP contribution in [0, 0.1) is 4.91 Å². The van der Waals surface area contributed by atoms with E-state index in [1.165, 1.54) is 0 Å². The van der Waals surface area contributed by atoms with Crippen LogP contribution < -0.4 is 0 Å². The third kappa shape index (κ3) is 4.91. The van der Waals surface area contributed by atoms with Gasteiger partial charge in [0, 0.05) is 11.5 Å². The van der Waals surface area contributed by atoms with Crippen LogP contribution in [-0.2, 0) is 0 Å². The van der Waals surface area contributed by atoms with Crippen LogP contribution in [-0.4, -0.2) is 13.1 Å². The van der Waals surface area contributed by atoms with Gasteiger partial charge in [0.25, 0.3) is 0 Å². The Morgan fingerprint density at radius 1 is 1.50 bits per heavy atom. The van der Waals surface area contributed by atoms with Gasteiger partial charge in [0.2, 0.25) is 0 Å². The van der Waals surface area contributed by atoms with Crippen LogP contribution in [0.5, 0.6) is 0 Å². The summed E-state index contributed by atoms with van der Waals surface area (Å²) in [4.78, 5) is 11.9. The normalized spacial score (nSPS) is 7.50. The van der Waals surface area contributed by atoms with Gasteiger partial charge in [0.1, 0.15) is 0 Å². The second kappa shape index (κ2) is 5.91. The molecule has 5 nitrogen and oxygen atoms in total. The van der Waals surface area contributed by atoms with Crippen molar-refractivity contribution in [2.45, 2.75) is 6.42 Å². The van der Waals surface area contributed by atoms with Crippen molar-refractivity contribution in [1.29, 1.82) is 0 Å². The van der Waals surface area contributed by atoms with Gasteiger partial charge in [-0.2, -0.15) is 4.91 Å². The molecule has 0 aromatic heterocycles. The first-order valence-electron chi connectivity index (χ1n) is 2.22. The molecule has 5 heteroatoms. The first-order chi connectivity index (χ1) is 3.91. The van der Waals surface area contributed by atoms with Gasteiger partial charge in [-0.05, 0) is 12.0 Å². The third-order valence-corrected chi connectivity index (χ3v) is 0.571. The predicted octanol–water partition coefficient (Wildman–Crippen LogP) is 1.45. The summed E-state index contributed by atoms with van der Waals surface area (Å²) < 4.78 is 0. The fourth-order valence-electron chi connectivity index (χ4n) is 0.251. The molecular formula is C3H6N4O. The summed E-state index contributed by atoms with van der Waals surface area (Å²) in [7, 11) is 0. The Morgan fingerprint density at radius 3 is 2.75 bits per heavy atom. The van der Waals surface area contributed by atoms with Crippen LogP contribution in [0.2, 0.25) is 0 Å². The highest BCUT2D eigenvalue weighted by molar-refractivity contribution is 4.48. The molecule has 0 N–H and O–H groups in total. The Kier molecular flexibility index (Phi) is 5.10. The first-order valence-corrected chi connectivity index (χ1v) is 2.22. The minimum Gasteiger partial charge on any atom is -0.151 e. The number of nitrogens with zero attached hydrogens (tertiary/aromatic N) is 4. The third-order valence-electron chi connectivity index (χ3n) is 0.571. The van der Waals surface area contributed by atoms with E-state index in [9.17, 15) is 4.91 Å². The SMILES string of the molecule is [N-]=[N+]=NCCCN=O. The summed E-state index contributed by atoms with van der Waals surface area (Å²) >= 11 is 0. The zero-order valence-corrected chi connectivity index (χ0v) is 4.32. The fraction of sp³-hybridized carbons (Fsp3) is 1.00. The van der Waals surface area contributed by atoms with E-state index in [1.54, 1.807) is 0 Å². The van der Waals surface area contributed by atoms with E-state index in [2.05, 4.69) is 15.2 Å². The lowest BCUT2D eigenvalue weighted by Crippen LogP contribution is -1.81. The predicted molar refractivity (Wildman–Crippen MR) is 29.3 cm³/mol. The molecule has 0 heterocycles. The monoisotopic (exact) mass is 114 g/mol. The summed E-state index contributed by atoms with van der Waals surface area (Å²) in [5.74, 6) is 0. The molecule has 0 spiro atoms. The van der Waals surface area contributed by atoms with Gasteiger partial charge in [-0.3, -0.25) is 0 Å². The number of hydrogen-bond donors (Lipinski definition) is 0. The largest absolute Gasteiger partial charge is 0.151 e. The Hall–Kier alpha value is -1.09. The first kappa shape index (κ1) is 6.91. The Bertz CT molecular complexity index is 106. The topological polar surface area (TPSA) is 78.2 Å². The smallest absolute Gasteiger partial charge is 0.0812 e. The summed E-state index contributed by atoms with van der Waals surface area (Å²) in [5, 5.41) is 5.77. The van der Waals surface area contributed by atoms with E-state index in [-0.39, 0.29) is 6.54 Å². The van der Waals surface area contributed by atoms with Gasteiger partial charge < -0.3 is 0 Å². The van der Waals surface area contributed by atoms with Crippen molar-refractivity contribution >= 4 is 0 Å². The molecule has 0 unspecified atom stereocenters. The van der Waals surface area contributed by atoms with Crippen LogP contribution >= 0.6 is 0 Å². The van der Waals surface area contributed by atoms with Crippen molar-refractivity contribution in [3.8, 4) is 0 Å². The molecule has 0 amide bonds. The number of rotatable bonds is 4. The second-order valence-corrected chi connectivity index (χ2v) is 1.16. The average Bonchev–Trinajstić information content (AvgIpc) is 1.81. The van der Waals surface area contributed by atoms with E-state index in [0.717, 1.165) is 0 Å². The minimum atomic E-state index is 0.235. The molecule has 44 valence electrons. The van der Waals surface area contributed by atoms with Crippen molar-refractivity contribution in [2.24, 2.45) is 10.3 Å². The van der Waals surface area contributed by atoms with Gasteiger partial charge in [-0.25, -0.2) is 0 Å². The van der Waals surface area contributed by atoms with Crippen molar-refractivity contribution in [1.82, 2.24) is 0 Å². The van der Waals surface area contributed by atoms with Crippen molar-refractivity contribution < 1.29 is 0 Å². The zero-order chi connectivity index (χ0) is 6.24. The van der Waals surface area contributed by atoms with Gasteiger partial charge in [-0.1, -0.05) is 10.3 Å². The molecular weight excluding hydrogens is 108 g/mol. The van der Waals surface area contributed by atoms with Crippen LogP contribution in [0.1, 0.15) is 6.42 Å². The Labute approximate surface area is 46.3 Å². The van der Waals surface area contributed by atoms with Crippen LogP contribution in [0.15, 0.2) is 10.3 Å². The number of nitroso groups, excluding NO2 is 1. The molecule has 0 aromatic carbocycles. The Balaban J connectivity index is 2.93. The van der Waals surface area contributed by atoms with Crippen molar-refractivity contribution in [3.05, 3.63) is 15.3 Å². The molecule has 8 heavy (non-hydrogen) atoms. The highest BCUT2D eigenvalue weighted by Gasteiger charge is 1.79. The molecule has 0 saturated carbocycles. The lowest BCUT2D eigenvalue weighted by atomic mass is 10.4. The molecule has 0 aliphatic heterocycles. The van der Waals surface area contributed by atoms with E-state index in [0.29, 0.717) is 13.0 Å². The molecule has 0 aliphatic carbocycles. The molecule has 0 aliphatic rings. The molecule has 0 rings (SSSR count). The van der Waals surface area contributed by atoms with E-state index in [1.807, 2.05) is 0 Å². The highest BCUT2D eigenvalue weighted by atomic mass is 16.3. The molecule has 0 atom stereocenters. The van der Waals surface area contributed by atoms with E-state index < -0.39 is 0 Å². The van der Waals surface area contributed by atoms with Gasteiger partial charge in [0.05, 0.1) is 6.54 Å². The van der Waals surface area contributed by atoms with Gasteiger partial charge in [-0.15, -0.1) is 0 Å². The summed E-state index contributed by atoms with van der Waals surface area (Å²) in [6, 6.07) is 0. The molecule has 0 bridgehead atoms. The van der Waals surface area contributed by atoms with Gasteiger partial charge >= 0.3 is 0 Å². The summed E-state index contributed by atoms with van der Waals surface area (Å²) in [5.41, 5.74) is 7.72. The quantitative estimate of drug-likeness (QED) is 0.179. The summed E-state index contributed by atoms with van der Waals surface area (Å²) in [6.45, 7) is 0.598. The lowest BCUT2D eigenvalue weighted by molar-refractivity contribution is 0.835. The maximum atomic E-state index is 9.38. The minimum absolute atomic E-state index is 0.235. The highest BCUT2D eigenvalue weighted by Crippen LogP contribution is 1.80. The molecule has 0 radical (unpaired) electrons. The van der Waals surface area contributed by atoms with Crippen LogP contribution in [0.3, 0.4) is 0 Å². The standard InChI is InChI=1S/C3H6N4O/c4-7-5-2-1-3-6-8/h1-3H2. The van der Waals surface area contributed by atoms with Crippen molar-refractivity contribution in [2.75, 3.05) is 13.1 Å². The lowest BCUT2D eigenvalue weighted by Gasteiger charge is -1.79. The molecule has 0 saturated heterocycles. The maximum absolute atomic E-state index is 9.38. The maximum Gasteiger partial charge on any atom is 0.0812 e. The number of azide groups is 1. The van der Waals surface area contributed by atoms with Crippen molar-refractivity contribution in [3.63, 3.8) is 0 Å². The van der Waals surface area contributed by atoms with E-state index in [4.69, 9.17) is 5.53 Å². The fourth-order valence-corrected chi connectivity index (χ4v) is 0.251. The summed E-state index contributed by atoms with van der Waals surface area (Å²) in [6.07, 6.45) is 0.549. The molecule has 0 fully saturated rings. The van der Waals surface area contributed by atoms with Gasteiger partial charge in [0.15, 0.2) is 0 Å². The van der Waals surface area contributed by atoms with E-state index >= 15 is 0 Å².